The first-order valence-electron chi connectivity index (χ1n) is 5.07. The molecule has 2 N–H and O–H groups in total. The topological polar surface area (TPSA) is 43.1 Å². The van der Waals surface area contributed by atoms with Crippen molar-refractivity contribution in [3.63, 3.8) is 0 Å². The van der Waals surface area contributed by atoms with Crippen LogP contribution in [0.2, 0.25) is 0 Å². The van der Waals surface area contributed by atoms with Crippen LogP contribution in [-0.4, -0.2) is 12.3 Å². The molecule has 0 aliphatic heterocycles. The number of allylic oxidation sites excluding steroid dienone is 1. The van der Waals surface area contributed by atoms with Gasteiger partial charge in [-0.25, -0.2) is 0 Å². The smallest absolute Gasteiger partial charge is 0.145 e. The van der Waals surface area contributed by atoms with Crippen LogP contribution in [0.1, 0.15) is 24.8 Å². The fourth-order valence-corrected chi connectivity index (χ4v) is 1.56. The maximum absolute atomic E-state index is 11.8. The molecule has 1 rings (SSSR count). The number of hydrogen-bond donors (Lipinski definition) is 1. The molecule has 0 radical (unpaired) electrons. The first-order chi connectivity index (χ1) is 7.15. The molecule has 0 saturated carbocycles. The van der Waals surface area contributed by atoms with E-state index in [0.717, 1.165) is 11.1 Å². The van der Waals surface area contributed by atoms with Crippen LogP contribution in [0.15, 0.2) is 42.5 Å². The summed E-state index contributed by atoms with van der Waals surface area (Å²) in [5, 5.41) is 0. The summed E-state index contributed by atoms with van der Waals surface area (Å²) in [7, 11) is 0. The molecule has 0 saturated heterocycles. The number of ketones is 1. The molecule has 0 spiro atoms. The van der Waals surface area contributed by atoms with Crippen LogP contribution >= 0.6 is 0 Å². The summed E-state index contributed by atoms with van der Waals surface area (Å²) >= 11 is 0. The molecule has 0 aromatic heterocycles. The Balaban J connectivity index is 2.80. The van der Waals surface area contributed by atoms with Crippen molar-refractivity contribution in [2.45, 2.75) is 19.3 Å². The lowest BCUT2D eigenvalue weighted by atomic mass is 9.92. The van der Waals surface area contributed by atoms with Crippen molar-refractivity contribution >= 4 is 5.78 Å². The van der Waals surface area contributed by atoms with Crippen LogP contribution in [0.5, 0.6) is 0 Å². The van der Waals surface area contributed by atoms with Gasteiger partial charge in [-0.3, -0.25) is 4.79 Å². The highest BCUT2D eigenvalue weighted by molar-refractivity contribution is 5.87. The second kappa shape index (κ2) is 5.47. The van der Waals surface area contributed by atoms with Crippen molar-refractivity contribution in [3.05, 3.63) is 48.0 Å². The van der Waals surface area contributed by atoms with Crippen molar-refractivity contribution in [1.82, 2.24) is 0 Å². The molecule has 15 heavy (non-hydrogen) atoms. The van der Waals surface area contributed by atoms with Gasteiger partial charge in [-0.2, -0.15) is 0 Å². The minimum absolute atomic E-state index is 0.149. The first kappa shape index (κ1) is 11.7. The van der Waals surface area contributed by atoms with Crippen molar-refractivity contribution in [3.8, 4) is 0 Å². The van der Waals surface area contributed by atoms with Crippen LogP contribution in [0.25, 0.3) is 0 Å². The van der Waals surface area contributed by atoms with Gasteiger partial charge < -0.3 is 5.73 Å². The third kappa shape index (κ3) is 3.33. The number of carbonyl (C=O) groups excluding carboxylic acids is 1. The highest BCUT2D eigenvalue weighted by atomic mass is 16.1. The van der Waals surface area contributed by atoms with E-state index in [0.29, 0.717) is 13.0 Å². The summed E-state index contributed by atoms with van der Waals surface area (Å²) in [5.74, 6) is -0.0425. The molecule has 2 heteroatoms. The van der Waals surface area contributed by atoms with E-state index < -0.39 is 0 Å². The van der Waals surface area contributed by atoms with Gasteiger partial charge in [0.05, 0.1) is 5.92 Å². The van der Waals surface area contributed by atoms with Crippen LogP contribution < -0.4 is 5.73 Å². The molecule has 1 aromatic rings. The summed E-state index contributed by atoms with van der Waals surface area (Å²) in [6.07, 6.45) is 0.413. The van der Waals surface area contributed by atoms with Crippen molar-refractivity contribution in [2.24, 2.45) is 5.73 Å². The van der Waals surface area contributed by atoms with E-state index in [1.165, 1.54) is 0 Å². The molecule has 1 unspecified atom stereocenters. The second-order valence-corrected chi connectivity index (χ2v) is 3.80. The van der Waals surface area contributed by atoms with Gasteiger partial charge in [0, 0.05) is 13.0 Å². The lowest BCUT2D eigenvalue weighted by Crippen LogP contribution is -2.21. The van der Waals surface area contributed by atoms with E-state index in [1.807, 2.05) is 37.3 Å². The molecule has 2 nitrogen and oxygen atoms in total. The summed E-state index contributed by atoms with van der Waals surface area (Å²) in [6, 6.07) is 9.65. The van der Waals surface area contributed by atoms with Gasteiger partial charge in [-0.1, -0.05) is 42.5 Å². The van der Waals surface area contributed by atoms with Crippen LogP contribution in [0, 0.1) is 0 Å². The summed E-state index contributed by atoms with van der Waals surface area (Å²) in [5.41, 5.74) is 7.51. The van der Waals surface area contributed by atoms with E-state index in [2.05, 4.69) is 6.58 Å². The van der Waals surface area contributed by atoms with Crippen LogP contribution in [-0.2, 0) is 4.79 Å². The zero-order chi connectivity index (χ0) is 11.3. The number of hydrogen-bond acceptors (Lipinski definition) is 2. The lowest BCUT2D eigenvalue weighted by molar-refractivity contribution is -0.119. The van der Waals surface area contributed by atoms with Crippen LogP contribution in [0.4, 0.5) is 0 Å². The predicted octanol–water partition coefficient (Wildman–Crippen LogP) is 2.26. The van der Waals surface area contributed by atoms with E-state index in [1.54, 1.807) is 0 Å². The Hall–Kier alpha value is -1.41. The highest BCUT2D eigenvalue weighted by Crippen LogP contribution is 2.18. The molecule has 0 aliphatic rings. The summed E-state index contributed by atoms with van der Waals surface area (Å²) < 4.78 is 0. The second-order valence-electron chi connectivity index (χ2n) is 3.80. The standard InChI is InChI=1S/C13H17NO/c1-10(2)8-13(15)12(9-14)11-6-4-3-5-7-11/h3-7,12H,1,8-9,14H2,2H3. The molecule has 80 valence electrons. The van der Waals surface area contributed by atoms with Gasteiger partial charge in [0.2, 0.25) is 0 Å². The zero-order valence-electron chi connectivity index (χ0n) is 9.07. The monoisotopic (exact) mass is 203 g/mol. The van der Waals surface area contributed by atoms with Crippen LogP contribution in [0.3, 0.4) is 0 Å². The zero-order valence-corrected chi connectivity index (χ0v) is 9.07. The normalized spacial score (nSPS) is 12.1. The minimum Gasteiger partial charge on any atom is -0.329 e. The Labute approximate surface area is 90.8 Å². The Morgan fingerprint density at radius 2 is 2.00 bits per heavy atom. The molecule has 0 heterocycles. The molecular formula is C13H17NO. The SMILES string of the molecule is C=C(C)CC(=O)C(CN)c1ccccc1. The van der Waals surface area contributed by atoms with Crippen molar-refractivity contribution < 1.29 is 4.79 Å². The number of Topliss-reactive ketones (excluding diaryl/α,β-unsaturated/α-hetero) is 1. The van der Waals surface area contributed by atoms with Gasteiger partial charge in [-0.05, 0) is 12.5 Å². The summed E-state index contributed by atoms with van der Waals surface area (Å²) in [6.45, 7) is 5.96. The Kier molecular flexibility index (Phi) is 4.25. The molecule has 1 atom stereocenters. The number of rotatable bonds is 5. The first-order valence-corrected chi connectivity index (χ1v) is 5.07. The maximum atomic E-state index is 11.8. The fraction of sp³-hybridized carbons (Fsp3) is 0.308. The third-order valence-corrected chi connectivity index (χ3v) is 2.30. The molecule has 0 fully saturated rings. The van der Waals surface area contributed by atoms with Gasteiger partial charge in [0.25, 0.3) is 0 Å². The average molecular weight is 203 g/mol. The van der Waals surface area contributed by atoms with Gasteiger partial charge in [-0.15, -0.1) is 0 Å². The molecule has 0 bridgehead atoms. The van der Waals surface area contributed by atoms with E-state index in [4.69, 9.17) is 5.73 Å². The highest BCUT2D eigenvalue weighted by Gasteiger charge is 2.18. The Morgan fingerprint density at radius 1 is 1.40 bits per heavy atom. The molecule has 0 aliphatic carbocycles. The minimum atomic E-state index is -0.192. The average Bonchev–Trinajstić information content (AvgIpc) is 2.19. The molecular weight excluding hydrogens is 186 g/mol. The number of carbonyl (C=O) groups is 1. The summed E-state index contributed by atoms with van der Waals surface area (Å²) in [4.78, 5) is 11.8. The maximum Gasteiger partial charge on any atom is 0.145 e. The quantitative estimate of drug-likeness (QED) is 0.746. The van der Waals surface area contributed by atoms with Crippen molar-refractivity contribution in [1.29, 1.82) is 0 Å². The van der Waals surface area contributed by atoms with E-state index in [9.17, 15) is 4.79 Å². The lowest BCUT2D eigenvalue weighted by Gasteiger charge is -2.13. The largest absolute Gasteiger partial charge is 0.329 e. The number of benzene rings is 1. The van der Waals surface area contributed by atoms with Crippen molar-refractivity contribution in [2.75, 3.05) is 6.54 Å². The number of nitrogens with two attached hydrogens (primary N) is 1. The van der Waals surface area contributed by atoms with Gasteiger partial charge >= 0.3 is 0 Å². The Bertz CT molecular complexity index is 343. The predicted molar refractivity (Wildman–Crippen MR) is 62.7 cm³/mol. The molecule has 0 amide bonds. The Morgan fingerprint density at radius 3 is 2.47 bits per heavy atom. The van der Waals surface area contributed by atoms with E-state index >= 15 is 0 Å². The van der Waals surface area contributed by atoms with E-state index in [-0.39, 0.29) is 11.7 Å². The third-order valence-electron chi connectivity index (χ3n) is 2.30. The van der Waals surface area contributed by atoms with Gasteiger partial charge in [0.1, 0.15) is 5.78 Å². The molecule has 1 aromatic carbocycles. The fourth-order valence-electron chi connectivity index (χ4n) is 1.56. The van der Waals surface area contributed by atoms with Gasteiger partial charge in [0.15, 0.2) is 0 Å².